The molecule has 0 radical (unpaired) electrons. The molecular formula is C15H23NO5S. The van der Waals surface area contributed by atoms with Crippen LogP contribution in [-0.4, -0.2) is 46.7 Å². The Morgan fingerprint density at radius 2 is 1.86 bits per heavy atom. The number of methoxy groups -OCH3 is 2. The van der Waals surface area contributed by atoms with E-state index < -0.39 is 9.84 Å². The Morgan fingerprint density at radius 3 is 2.41 bits per heavy atom. The van der Waals surface area contributed by atoms with Gasteiger partial charge in [-0.1, -0.05) is 6.92 Å². The summed E-state index contributed by atoms with van der Waals surface area (Å²) in [4.78, 5) is 11.8. The van der Waals surface area contributed by atoms with E-state index in [1.54, 1.807) is 38.3 Å². The van der Waals surface area contributed by atoms with Gasteiger partial charge in [0.2, 0.25) is 5.91 Å². The summed E-state index contributed by atoms with van der Waals surface area (Å²) in [5.41, 5.74) is 0.607. The molecule has 0 bridgehead atoms. The van der Waals surface area contributed by atoms with Gasteiger partial charge < -0.3 is 14.8 Å². The van der Waals surface area contributed by atoms with Gasteiger partial charge in [-0.05, 0) is 30.2 Å². The highest BCUT2D eigenvalue weighted by Crippen LogP contribution is 2.15. The highest BCUT2D eigenvalue weighted by molar-refractivity contribution is 7.91. The Kier molecular flexibility index (Phi) is 7.34. The van der Waals surface area contributed by atoms with Crippen molar-refractivity contribution in [1.82, 2.24) is 0 Å². The molecule has 1 atom stereocenters. The van der Waals surface area contributed by atoms with Gasteiger partial charge in [0.05, 0.1) is 18.6 Å². The summed E-state index contributed by atoms with van der Waals surface area (Å²) in [5.74, 6) is 0.139. The fraction of sp³-hybridized carbons (Fsp3) is 0.533. The zero-order valence-electron chi connectivity index (χ0n) is 13.2. The lowest BCUT2D eigenvalue weighted by Gasteiger charge is -2.11. The van der Waals surface area contributed by atoms with E-state index in [2.05, 4.69) is 5.32 Å². The molecule has 1 unspecified atom stereocenters. The van der Waals surface area contributed by atoms with E-state index in [0.717, 1.165) is 0 Å². The van der Waals surface area contributed by atoms with Crippen molar-refractivity contribution in [3.8, 4) is 5.75 Å². The molecule has 0 saturated carbocycles. The number of benzene rings is 1. The van der Waals surface area contributed by atoms with Gasteiger partial charge in [0.25, 0.3) is 0 Å². The number of anilines is 1. The average Bonchev–Trinajstić information content (AvgIpc) is 2.46. The standard InChI is InChI=1S/C15H23NO5S/c1-12(10-20-2)11-22(18,19)9-8-15(17)16-13-4-6-14(21-3)7-5-13/h4-7,12H,8-11H2,1-3H3,(H,16,17). The van der Waals surface area contributed by atoms with Crippen molar-refractivity contribution in [3.63, 3.8) is 0 Å². The largest absolute Gasteiger partial charge is 0.497 e. The third-order valence-electron chi connectivity index (χ3n) is 3.00. The lowest BCUT2D eigenvalue weighted by Crippen LogP contribution is -2.23. The molecule has 0 fully saturated rings. The Hall–Kier alpha value is -1.60. The fourth-order valence-corrected chi connectivity index (χ4v) is 3.62. The van der Waals surface area contributed by atoms with Crippen LogP contribution in [0.1, 0.15) is 13.3 Å². The van der Waals surface area contributed by atoms with Crippen LogP contribution in [0.5, 0.6) is 5.75 Å². The molecule has 0 spiro atoms. The summed E-state index contributed by atoms with van der Waals surface area (Å²) in [6, 6.07) is 6.84. The lowest BCUT2D eigenvalue weighted by molar-refractivity contribution is -0.115. The van der Waals surface area contributed by atoms with E-state index >= 15 is 0 Å². The van der Waals surface area contributed by atoms with Crippen molar-refractivity contribution in [2.24, 2.45) is 5.92 Å². The predicted octanol–water partition coefficient (Wildman–Crippen LogP) is 1.72. The molecule has 1 N–H and O–H groups in total. The van der Waals surface area contributed by atoms with Gasteiger partial charge in [0, 0.05) is 25.8 Å². The van der Waals surface area contributed by atoms with E-state index in [1.807, 2.05) is 0 Å². The Balaban J connectivity index is 2.44. The number of carbonyl (C=O) groups excluding carboxylic acids is 1. The van der Waals surface area contributed by atoms with Gasteiger partial charge in [-0.25, -0.2) is 8.42 Å². The number of amides is 1. The lowest BCUT2D eigenvalue weighted by atomic mass is 10.2. The molecule has 7 heteroatoms. The van der Waals surface area contributed by atoms with Gasteiger partial charge in [-0.3, -0.25) is 4.79 Å². The topological polar surface area (TPSA) is 81.7 Å². The van der Waals surface area contributed by atoms with Gasteiger partial charge >= 0.3 is 0 Å². The van der Waals surface area contributed by atoms with Crippen molar-refractivity contribution in [2.75, 3.05) is 37.6 Å². The van der Waals surface area contributed by atoms with Crippen molar-refractivity contribution < 1.29 is 22.7 Å². The molecule has 1 rings (SSSR count). The monoisotopic (exact) mass is 329 g/mol. The molecule has 124 valence electrons. The number of carbonyl (C=O) groups is 1. The number of hydrogen-bond acceptors (Lipinski definition) is 5. The minimum absolute atomic E-state index is 0.0245. The minimum atomic E-state index is -3.26. The molecule has 6 nitrogen and oxygen atoms in total. The fourth-order valence-electron chi connectivity index (χ4n) is 2.00. The van der Waals surface area contributed by atoms with Crippen LogP contribution in [0.4, 0.5) is 5.69 Å². The van der Waals surface area contributed by atoms with E-state index in [1.165, 1.54) is 7.11 Å². The first kappa shape index (κ1) is 18.4. The van der Waals surface area contributed by atoms with Gasteiger partial charge in [-0.2, -0.15) is 0 Å². The maximum atomic E-state index is 11.9. The first-order valence-corrected chi connectivity index (χ1v) is 8.81. The number of ether oxygens (including phenoxy) is 2. The van der Waals surface area contributed by atoms with Crippen LogP contribution in [0.3, 0.4) is 0 Å². The Morgan fingerprint density at radius 1 is 1.23 bits per heavy atom. The molecule has 0 aliphatic carbocycles. The highest BCUT2D eigenvalue weighted by Gasteiger charge is 2.17. The summed E-state index contributed by atoms with van der Waals surface area (Å²) in [6.07, 6.45) is -0.0614. The van der Waals surface area contributed by atoms with Gasteiger partial charge in [-0.15, -0.1) is 0 Å². The third-order valence-corrected chi connectivity index (χ3v) is 4.91. The van der Waals surface area contributed by atoms with Crippen LogP contribution in [0.25, 0.3) is 0 Å². The number of nitrogens with one attached hydrogen (secondary N) is 1. The molecule has 0 aliphatic rings. The highest BCUT2D eigenvalue weighted by atomic mass is 32.2. The van der Waals surface area contributed by atoms with Crippen molar-refractivity contribution in [2.45, 2.75) is 13.3 Å². The number of hydrogen-bond donors (Lipinski definition) is 1. The minimum Gasteiger partial charge on any atom is -0.497 e. The third kappa shape index (κ3) is 6.91. The molecule has 0 aromatic heterocycles. The molecule has 1 aromatic carbocycles. The van der Waals surface area contributed by atoms with Gasteiger partial charge in [0.15, 0.2) is 9.84 Å². The van der Waals surface area contributed by atoms with E-state index in [9.17, 15) is 13.2 Å². The molecule has 22 heavy (non-hydrogen) atoms. The molecular weight excluding hydrogens is 306 g/mol. The average molecular weight is 329 g/mol. The van der Waals surface area contributed by atoms with Crippen molar-refractivity contribution in [3.05, 3.63) is 24.3 Å². The van der Waals surface area contributed by atoms with E-state index in [4.69, 9.17) is 9.47 Å². The van der Waals surface area contributed by atoms with Gasteiger partial charge in [0.1, 0.15) is 5.75 Å². The second-order valence-corrected chi connectivity index (χ2v) is 7.43. The summed E-state index contributed by atoms with van der Waals surface area (Å²) >= 11 is 0. The second-order valence-electron chi connectivity index (χ2n) is 5.20. The Labute approximate surface area is 131 Å². The zero-order valence-corrected chi connectivity index (χ0v) is 14.0. The smallest absolute Gasteiger partial charge is 0.225 e. The number of sulfone groups is 1. The predicted molar refractivity (Wildman–Crippen MR) is 85.9 cm³/mol. The normalized spacial score (nSPS) is 12.7. The second kappa shape index (κ2) is 8.75. The van der Waals surface area contributed by atoms with Crippen LogP contribution >= 0.6 is 0 Å². The van der Waals surface area contributed by atoms with Crippen LogP contribution in [-0.2, 0) is 19.4 Å². The maximum Gasteiger partial charge on any atom is 0.225 e. The van der Waals surface area contributed by atoms with Crippen LogP contribution < -0.4 is 10.1 Å². The number of rotatable bonds is 9. The zero-order chi connectivity index (χ0) is 16.6. The first-order chi connectivity index (χ1) is 10.4. The van der Waals surface area contributed by atoms with Crippen molar-refractivity contribution in [1.29, 1.82) is 0 Å². The molecule has 0 aliphatic heterocycles. The quantitative estimate of drug-likeness (QED) is 0.746. The molecule has 1 amide bonds. The van der Waals surface area contributed by atoms with Crippen LogP contribution in [0.15, 0.2) is 24.3 Å². The van der Waals surface area contributed by atoms with Crippen molar-refractivity contribution >= 4 is 21.4 Å². The molecule has 1 aromatic rings. The Bertz CT molecular complexity index is 568. The summed E-state index contributed by atoms with van der Waals surface area (Å²) in [5, 5.41) is 2.66. The molecule has 0 saturated heterocycles. The maximum absolute atomic E-state index is 11.9. The summed E-state index contributed by atoms with van der Waals surface area (Å²) in [6.45, 7) is 2.19. The van der Waals surface area contributed by atoms with Crippen LogP contribution in [0.2, 0.25) is 0 Å². The van der Waals surface area contributed by atoms with E-state index in [0.29, 0.717) is 18.0 Å². The summed E-state index contributed by atoms with van der Waals surface area (Å²) < 4.78 is 33.7. The van der Waals surface area contributed by atoms with E-state index in [-0.39, 0.29) is 29.8 Å². The molecule has 0 heterocycles. The SMILES string of the molecule is COCC(C)CS(=O)(=O)CCC(=O)Nc1ccc(OC)cc1. The summed E-state index contributed by atoms with van der Waals surface area (Å²) in [7, 11) is -0.170. The van der Waals surface area contributed by atoms with Crippen LogP contribution in [0, 0.1) is 5.92 Å². The first-order valence-electron chi connectivity index (χ1n) is 6.99.